The summed E-state index contributed by atoms with van der Waals surface area (Å²) in [6, 6.07) is 1.88. The van der Waals surface area contributed by atoms with Gasteiger partial charge in [-0.3, -0.25) is 9.69 Å². The third-order valence-corrected chi connectivity index (χ3v) is 3.76. The zero-order valence-corrected chi connectivity index (χ0v) is 11.0. The molecule has 1 fully saturated rings. The molecule has 0 radical (unpaired) electrons. The Morgan fingerprint density at radius 2 is 2.29 bits per heavy atom. The predicted octanol–water partition coefficient (Wildman–Crippen LogP) is 0.725. The first-order valence-corrected chi connectivity index (χ1v) is 6.92. The van der Waals surface area contributed by atoms with Crippen LogP contribution in [-0.2, 0) is 0 Å². The summed E-state index contributed by atoms with van der Waals surface area (Å²) in [6.07, 6.45) is 0. The Bertz CT molecular complexity index is 347. The van der Waals surface area contributed by atoms with Crippen LogP contribution >= 0.6 is 11.3 Å². The van der Waals surface area contributed by atoms with Crippen molar-refractivity contribution in [2.75, 3.05) is 46.3 Å². The number of piperazine rings is 1. The molecule has 4 nitrogen and oxygen atoms in total. The highest BCUT2D eigenvalue weighted by Crippen LogP contribution is 2.08. The van der Waals surface area contributed by atoms with Crippen LogP contribution in [0.3, 0.4) is 0 Å². The Labute approximate surface area is 106 Å². The summed E-state index contributed by atoms with van der Waals surface area (Å²) in [5, 5.41) is 7.17. The van der Waals surface area contributed by atoms with Gasteiger partial charge in [0.2, 0.25) is 0 Å². The van der Waals surface area contributed by atoms with Gasteiger partial charge in [-0.25, -0.2) is 0 Å². The van der Waals surface area contributed by atoms with Gasteiger partial charge in [-0.1, -0.05) is 0 Å². The van der Waals surface area contributed by atoms with Crippen molar-refractivity contribution in [1.29, 1.82) is 0 Å². The summed E-state index contributed by atoms with van der Waals surface area (Å²) < 4.78 is 0. The Hall–Kier alpha value is -0.910. The average molecular weight is 253 g/mol. The van der Waals surface area contributed by atoms with Crippen LogP contribution in [0.2, 0.25) is 0 Å². The lowest BCUT2D eigenvalue weighted by molar-refractivity contribution is 0.0775. The number of rotatable bonds is 4. The molecule has 1 aliphatic heterocycles. The van der Waals surface area contributed by atoms with Gasteiger partial charge in [0, 0.05) is 51.7 Å². The summed E-state index contributed by atoms with van der Waals surface area (Å²) in [7, 11) is 1.88. The van der Waals surface area contributed by atoms with Crippen molar-refractivity contribution < 1.29 is 4.79 Å². The lowest BCUT2D eigenvalue weighted by atomic mass is 10.3. The zero-order chi connectivity index (χ0) is 12.1. The second-order valence-corrected chi connectivity index (χ2v) is 5.11. The molecular weight excluding hydrogens is 234 g/mol. The molecule has 94 valence electrons. The van der Waals surface area contributed by atoms with Gasteiger partial charge in [-0.2, -0.15) is 11.3 Å². The van der Waals surface area contributed by atoms with E-state index in [2.05, 4.69) is 10.2 Å². The average Bonchev–Trinajstić information content (AvgIpc) is 2.90. The molecule has 0 aliphatic carbocycles. The summed E-state index contributed by atoms with van der Waals surface area (Å²) in [5.74, 6) is 0.126. The molecule has 1 aromatic heterocycles. The topological polar surface area (TPSA) is 35.6 Å². The molecule has 5 heteroatoms. The number of nitrogens with one attached hydrogen (secondary N) is 1. The highest BCUT2D eigenvalue weighted by Gasteiger charge is 2.14. The van der Waals surface area contributed by atoms with E-state index in [9.17, 15) is 4.79 Å². The number of likely N-dealkylation sites (N-methyl/N-ethyl adjacent to an activating group) is 1. The number of carbonyl (C=O) groups is 1. The number of nitrogens with zero attached hydrogens (tertiary/aromatic N) is 2. The molecule has 1 N–H and O–H groups in total. The molecule has 0 unspecified atom stereocenters. The smallest absolute Gasteiger partial charge is 0.254 e. The van der Waals surface area contributed by atoms with Crippen LogP contribution in [-0.4, -0.2) is 62.0 Å². The van der Waals surface area contributed by atoms with Crippen molar-refractivity contribution in [2.45, 2.75) is 0 Å². The Morgan fingerprint density at radius 3 is 2.94 bits per heavy atom. The Kier molecular flexibility index (Phi) is 4.53. The summed E-state index contributed by atoms with van der Waals surface area (Å²) in [4.78, 5) is 16.2. The van der Waals surface area contributed by atoms with Crippen molar-refractivity contribution in [3.8, 4) is 0 Å². The minimum absolute atomic E-state index is 0.126. The predicted molar refractivity (Wildman–Crippen MR) is 70.6 cm³/mol. The van der Waals surface area contributed by atoms with Gasteiger partial charge in [0.05, 0.1) is 5.56 Å². The van der Waals surface area contributed by atoms with Crippen LogP contribution < -0.4 is 5.32 Å². The van der Waals surface area contributed by atoms with Crippen LogP contribution in [0.15, 0.2) is 16.8 Å². The molecule has 1 aliphatic rings. The molecule has 0 bridgehead atoms. The highest BCUT2D eigenvalue weighted by atomic mass is 32.1. The van der Waals surface area contributed by atoms with E-state index in [1.807, 2.05) is 28.8 Å². The van der Waals surface area contributed by atoms with Crippen LogP contribution in [0.5, 0.6) is 0 Å². The molecule has 0 saturated carbocycles. The fourth-order valence-electron chi connectivity index (χ4n) is 1.93. The van der Waals surface area contributed by atoms with Gasteiger partial charge in [-0.05, 0) is 11.4 Å². The van der Waals surface area contributed by atoms with Gasteiger partial charge < -0.3 is 10.2 Å². The van der Waals surface area contributed by atoms with Gasteiger partial charge in [0.25, 0.3) is 5.91 Å². The second-order valence-electron chi connectivity index (χ2n) is 4.33. The minimum Gasteiger partial charge on any atom is -0.340 e. The number of carbonyl (C=O) groups excluding carboxylic acids is 1. The molecule has 2 heterocycles. The molecule has 1 aromatic rings. The van der Waals surface area contributed by atoms with Crippen molar-refractivity contribution in [3.63, 3.8) is 0 Å². The molecular formula is C12H19N3OS. The molecule has 0 spiro atoms. The molecule has 0 aromatic carbocycles. The third kappa shape index (κ3) is 3.52. The normalized spacial score (nSPS) is 17.0. The molecule has 0 atom stereocenters. The second kappa shape index (κ2) is 6.14. The van der Waals surface area contributed by atoms with E-state index in [4.69, 9.17) is 0 Å². The molecule has 17 heavy (non-hydrogen) atoms. The first-order valence-electron chi connectivity index (χ1n) is 5.98. The van der Waals surface area contributed by atoms with E-state index in [1.165, 1.54) is 0 Å². The number of hydrogen-bond donors (Lipinski definition) is 1. The van der Waals surface area contributed by atoms with Crippen molar-refractivity contribution in [1.82, 2.24) is 15.1 Å². The third-order valence-electron chi connectivity index (χ3n) is 3.08. The van der Waals surface area contributed by atoms with Crippen molar-refractivity contribution >= 4 is 17.2 Å². The van der Waals surface area contributed by atoms with E-state index in [1.54, 1.807) is 11.3 Å². The largest absolute Gasteiger partial charge is 0.340 e. The fraction of sp³-hybridized carbons (Fsp3) is 0.583. The van der Waals surface area contributed by atoms with Crippen LogP contribution in [0.4, 0.5) is 0 Å². The molecule has 2 rings (SSSR count). The van der Waals surface area contributed by atoms with E-state index in [0.29, 0.717) is 0 Å². The van der Waals surface area contributed by atoms with Gasteiger partial charge in [0.15, 0.2) is 0 Å². The first-order chi connectivity index (χ1) is 8.27. The lowest BCUT2D eigenvalue weighted by Gasteiger charge is -2.29. The van der Waals surface area contributed by atoms with Crippen LogP contribution in [0.25, 0.3) is 0 Å². The zero-order valence-electron chi connectivity index (χ0n) is 10.2. The number of thiophene rings is 1. The summed E-state index contributed by atoms with van der Waals surface area (Å²) in [5.41, 5.74) is 0.804. The standard InChI is InChI=1S/C12H19N3OS/c1-14(12(16)11-2-9-17-10-11)7-8-15-5-3-13-4-6-15/h2,9-10,13H,3-8H2,1H3. The van der Waals surface area contributed by atoms with E-state index < -0.39 is 0 Å². The van der Waals surface area contributed by atoms with E-state index in [-0.39, 0.29) is 5.91 Å². The SMILES string of the molecule is CN(CCN1CCNCC1)C(=O)c1ccsc1. The number of hydrogen-bond acceptors (Lipinski definition) is 4. The maximum Gasteiger partial charge on any atom is 0.254 e. The van der Waals surface area contributed by atoms with Crippen LogP contribution in [0.1, 0.15) is 10.4 Å². The fourth-order valence-corrected chi connectivity index (χ4v) is 2.56. The Balaban J connectivity index is 1.76. The van der Waals surface area contributed by atoms with Crippen molar-refractivity contribution in [2.24, 2.45) is 0 Å². The maximum atomic E-state index is 12.0. The first kappa shape index (κ1) is 12.5. The maximum absolute atomic E-state index is 12.0. The van der Waals surface area contributed by atoms with Gasteiger partial charge in [0.1, 0.15) is 0 Å². The summed E-state index contributed by atoms with van der Waals surface area (Å²) in [6.45, 7) is 6.05. The van der Waals surface area contributed by atoms with E-state index in [0.717, 1.165) is 44.8 Å². The number of amides is 1. The lowest BCUT2D eigenvalue weighted by Crippen LogP contribution is -2.46. The van der Waals surface area contributed by atoms with E-state index >= 15 is 0 Å². The van der Waals surface area contributed by atoms with Gasteiger partial charge >= 0.3 is 0 Å². The Morgan fingerprint density at radius 1 is 1.53 bits per heavy atom. The molecule has 1 saturated heterocycles. The molecule has 1 amide bonds. The summed E-state index contributed by atoms with van der Waals surface area (Å²) >= 11 is 1.57. The highest BCUT2D eigenvalue weighted by molar-refractivity contribution is 7.08. The minimum atomic E-state index is 0.126. The van der Waals surface area contributed by atoms with Gasteiger partial charge in [-0.15, -0.1) is 0 Å². The monoisotopic (exact) mass is 253 g/mol. The quantitative estimate of drug-likeness (QED) is 0.859. The van der Waals surface area contributed by atoms with Crippen molar-refractivity contribution in [3.05, 3.63) is 22.4 Å². The van der Waals surface area contributed by atoms with Crippen LogP contribution in [0, 0.1) is 0 Å².